The molecule has 0 bridgehead atoms. The van der Waals surface area contributed by atoms with E-state index in [2.05, 4.69) is 26.3 Å². The maximum atomic E-state index is 12.1. The third kappa shape index (κ3) is 3.23. The minimum atomic E-state index is -0.130. The number of rotatable bonds is 3. The molecule has 0 saturated carbocycles. The van der Waals surface area contributed by atoms with Gasteiger partial charge in [0.05, 0.1) is 5.69 Å². The van der Waals surface area contributed by atoms with Crippen LogP contribution in [0.25, 0.3) is 0 Å². The molecule has 5 heteroatoms. The summed E-state index contributed by atoms with van der Waals surface area (Å²) in [6.45, 7) is 5.97. The van der Waals surface area contributed by atoms with E-state index in [0.717, 1.165) is 16.0 Å². The first-order valence-corrected chi connectivity index (χ1v) is 6.89. The van der Waals surface area contributed by atoms with Gasteiger partial charge in [0.1, 0.15) is 5.82 Å². The molecule has 1 aromatic heterocycles. The molecular weight excluding hydrogens is 306 g/mol. The molecule has 0 fully saturated rings. The number of benzene rings is 1. The van der Waals surface area contributed by atoms with Gasteiger partial charge in [0, 0.05) is 22.1 Å². The second-order valence-electron chi connectivity index (χ2n) is 4.67. The van der Waals surface area contributed by atoms with Gasteiger partial charge in [0.25, 0.3) is 5.91 Å². The fraction of sp³-hybridized carbons (Fsp3) is 0.286. The van der Waals surface area contributed by atoms with Crippen molar-refractivity contribution < 1.29 is 4.79 Å². The lowest BCUT2D eigenvalue weighted by Crippen LogP contribution is -2.16. The molecule has 0 spiro atoms. The van der Waals surface area contributed by atoms with Crippen LogP contribution in [0.5, 0.6) is 0 Å². The van der Waals surface area contributed by atoms with Gasteiger partial charge in [-0.25, -0.2) is 4.68 Å². The van der Waals surface area contributed by atoms with Crippen LogP contribution in [0.1, 0.15) is 35.9 Å². The molecule has 1 amide bonds. The number of carbonyl (C=O) groups is 1. The molecule has 0 aliphatic rings. The lowest BCUT2D eigenvalue weighted by Gasteiger charge is -2.11. The van der Waals surface area contributed by atoms with Crippen molar-refractivity contribution in [3.63, 3.8) is 0 Å². The summed E-state index contributed by atoms with van der Waals surface area (Å²) in [6.07, 6.45) is 0. The van der Waals surface area contributed by atoms with Crippen LogP contribution in [0.3, 0.4) is 0 Å². The standard InChI is InChI=1S/C14H16BrN3O/c1-9(2)18-13(8-10(3)17-18)16-14(19)11-4-6-12(15)7-5-11/h4-9H,1-3H3,(H,16,19). The zero-order valence-corrected chi connectivity index (χ0v) is 12.7. The van der Waals surface area contributed by atoms with E-state index in [1.165, 1.54) is 0 Å². The molecular formula is C14H16BrN3O. The summed E-state index contributed by atoms with van der Waals surface area (Å²) in [7, 11) is 0. The fourth-order valence-corrected chi connectivity index (χ4v) is 2.06. The van der Waals surface area contributed by atoms with Crippen LogP contribution < -0.4 is 5.32 Å². The third-order valence-electron chi connectivity index (χ3n) is 2.70. The van der Waals surface area contributed by atoms with Crippen molar-refractivity contribution in [1.29, 1.82) is 0 Å². The molecule has 1 heterocycles. The van der Waals surface area contributed by atoms with Crippen molar-refractivity contribution in [2.45, 2.75) is 26.8 Å². The fourth-order valence-electron chi connectivity index (χ4n) is 1.79. The molecule has 0 unspecified atom stereocenters. The zero-order chi connectivity index (χ0) is 14.0. The summed E-state index contributed by atoms with van der Waals surface area (Å²) >= 11 is 3.35. The lowest BCUT2D eigenvalue weighted by atomic mass is 10.2. The Kier molecular flexibility index (Phi) is 4.04. The molecule has 2 rings (SSSR count). The van der Waals surface area contributed by atoms with Gasteiger partial charge < -0.3 is 5.32 Å². The first kappa shape index (κ1) is 13.8. The number of amides is 1. The Labute approximate surface area is 120 Å². The third-order valence-corrected chi connectivity index (χ3v) is 3.22. The van der Waals surface area contributed by atoms with E-state index >= 15 is 0 Å². The Hall–Kier alpha value is -1.62. The summed E-state index contributed by atoms with van der Waals surface area (Å²) in [4.78, 5) is 12.1. The van der Waals surface area contributed by atoms with E-state index in [1.807, 2.05) is 43.7 Å². The molecule has 100 valence electrons. The van der Waals surface area contributed by atoms with Crippen molar-refractivity contribution in [2.24, 2.45) is 0 Å². The van der Waals surface area contributed by atoms with Crippen molar-refractivity contribution in [3.8, 4) is 0 Å². The summed E-state index contributed by atoms with van der Waals surface area (Å²) in [5, 5.41) is 7.26. The molecule has 0 saturated heterocycles. The van der Waals surface area contributed by atoms with Gasteiger partial charge in [-0.2, -0.15) is 5.10 Å². The molecule has 19 heavy (non-hydrogen) atoms. The van der Waals surface area contributed by atoms with E-state index in [4.69, 9.17) is 0 Å². The van der Waals surface area contributed by atoms with Crippen LogP contribution in [0.4, 0.5) is 5.82 Å². The average Bonchev–Trinajstić information content (AvgIpc) is 2.71. The highest BCUT2D eigenvalue weighted by atomic mass is 79.9. The Morgan fingerprint density at radius 2 is 1.95 bits per heavy atom. The largest absolute Gasteiger partial charge is 0.307 e. The Balaban J connectivity index is 2.21. The molecule has 0 radical (unpaired) electrons. The minimum Gasteiger partial charge on any atom is -0.307 e. The summed E-state index contributed by atoms with van der Waals surface area (Å²) in [6, 6.07) is 9.33. The number of anilines is 1. The molecule has 0 aliphatic heterocycles. The van der Waals surface area contributed by atoms with Gasteiger partial charge >= 0.3 is 0 Å². The first-order valence-electron chi connectivity index (χ1n) is 6.10. The van der Waals surface area contributed by atoms with Crippen molar-refractivity contribution >= 4 is 27.7 Å². The number of aryl methyl sites for hydroxylation is 1. The van der Waals surface area contributed by atoms with Crippen molar-refractivity contribution in [1.82, 2.24) is 9.78 Å². The van der Waals surface area contributed by atoms with Crippen molar-refractivity contribution in [2.75, 3.05) is 5.32 Å². The Morgan fingerprint density at radius 1 is 1.32 bits per heavy atom. The highest BCUT2D eigenvalue weighted by Gasteiger charge is 2.12. The second-order valence-corrected chi connectivity index (χ2v) is 5.59. The predicted octanol–water partition coefficient (Wildman–Crippen LogP) is 3.79. The van der Waals surface area contributed by atoms with Gasteiger partial charge in [-0.05, 0) is 45.0 Å². The van der Waals surface area contributed by atoms with Gasteiger partial charge in [-0.15, -0.1) is 0 Å². The second kappa shape index (κ2) is 5.57. The number of hydrogen-bond acceptors (Lipinski definition) is 2. The van der Waals surface area contributed by atoms with Crippen LogP contribution >= 0.6 is 15.9 Å². The number of hydrogen-bond donors (Lipinski definition) is 1. The van der Waals surface area contributed by atoms with Crippen LogP contribution in [0.15, 0.2) is 34.8 Å². The van der Waals surface area contributed by atoms with E-state index in [1.54, 1.807) is 12.1 Å². The molecule has 1 N–H and O–H groups in total. The summed E-state index contributed by atoms with van der Waals surface area (Å²) in [5.74, 6) is 0.592. The minimum absolute atomic E-state index is 0.130. The van der Waals surface area contributed by atoms with Crippen LogP contribution in [0, 0.1) is 6.92 Å². The number of nitrogens with zero attached hydrogens (tertiary/aromatic N) is 2. The smallest absolute Gasteiger partial charge is 0.256 e. The number of nitrogens with one attached hydrogen (secondary N) is 1. The van der Waals surface area contributed by atoms with Gasteiger partial charge in [-0.1, -0.05) is 15.9 Å². The van der Waals surface area contributed by atoms with Crippen LogP contribution in [-0.2, 0) is 0 Å². The Morgan fingerprint density at radius 3 is 2.53 bits per heavy atom. The van der Waals surface area contributed by atoms with E-state index in [9.17, 15) is 4.79 Å². The van der Waals surface area contributed by atoms with E-state index in [-0.39, 0.29) is 11.9 Å². The summed E-state index contributed by atoms with van der Waals surface area (Å²) < 4.78 is 2.76. The SMILES string of the molecule is Cc1cc(NC(=O)c2ccc(Br)cc2)n(C(C)C)n1. The quantitative estimate of drug-likeness (QED) is 0.934. The normalized spacial score (nSPS) is 10.8. The molecule has 1 aromatic carbocycles. The molecule has 0 atom stereocenters. The highest BCUT2D eigenvalue weighted by Crippen LogP contribution is 2.17. The van der Waals surface area contributed by atoms with Gasteiger partial charge in [0.15, 0.2) is 0 Å². The van der Waals surface area contributed by atoms with Crippen LogP contribution in [0.2, 0.25) is 0 Å². The maximum absolute atomic E-state index is 12.1. The molecule has 4 nitrogen and oxygen atoms in total. The lowest BCUT2D eigenvalue weighted by molar-refractivity contribution is 0.102. The van der Waals surface area contributed by atoms with Crippen molar-refractivity contribution in [3.05, 3.63) is 46.1 Å². The average molecular weight is 322 g/mol. The maximum Gasteiger partial charge on any atom is 0.256 e. The monoisotopic (exact) mass is 321 g/mol. The van der Waals surface area contributed by atoms with E-state index in [0.29, 0.717) is 5.56 Å². The number of aromatic nitrogens is 2. The van der Waals surface area contributed by atoms with Gasteiger partial charge in [-0.3, -0.25) is 4.79 Å². The first-order chi connectivity index (χ1) is 8.97. The van der Waals surface area contributed by atoms with Crippen LogP contribution in [-0.4, -0.2) is 15.7 Å². The Bertz CT molecular complexity index is 587. The topological polar surface area (TPSA) is 46.9 Å². The highest BCUT2D eigenvalue weighted by molar-refractivity contribution is 9.10. The zero-order valence-electron chi connectivity index (χ0n) is 11.1. The predicted molar refractivity (Wildman–Crippen MR) is 79.4 cm³/mol. The van der Waals surface area contributed by atoms with E-state index < -0.39 is 0 Å². The van der Waals surface area contributed by atoms with Gasteiger partial charge in [0.2, 0.25) is 0 Å². The number of halogens is 1. The summed E-state index contributed by atoms with van der Waals surface area (Å²) in [5.41, 5.74) is 1.51. The molecule has 2 aromatic rings. The number of carbonyl (C=O) groups excluding carboxylic acids is 1. The molecule has 0 aliphatic carbocycles.